The van der Waals surface area contributed by atoms with Crippen molar-refractivity contribution in [3.05, 3.63) is 0 Å². The standard InChI is InChI=1S/C12H24ClN/c1-2-11(7-8-13)9-14-10-12-5-3-4-6-12/h11-12,14H,2-10H2,1H3. The van der Waals surface area contributed by atoms with E-state index in [0.717, 1.165) is 24.1 Å². The number of nitrogens with one attached hydrogen (secondary N) is 1. The highest BCUT2D eigenvalue weighted by atomic mass is 35.5. The first-order valence-corrected chi connectivity index (χ1v) is 6.67. The van der Waals surface area contributed by atoms with Gasteiger partial charge in [-0.1, -0.05) is 26.2 Å². The minimum Gasteiger partial charge on any atom is -0.316 e. The molecule has 0 aromatic carbocycles. The molecule has 0 aromatic rings. The average Bonchev–Trinajstić information content (AvgIpc) is 2.69. The van der Waals surface area contributed by atoms with E-state index in [-0.39, 0.29) is 0 Å². The third kappa shape index (κ3) is 4.65. The van der Waals surface area contributed by atoms with Crippen LogP contribution in [-0.4, -0.2) is 19.0 Å². The lowest BCUT2D eigenvalue weighted by atomic mass is 10.0. The van der Waals surface area contributed by atoms with E-state index in [1.165, 1.54) is 45.2 Å². The molecule has 14 heavy (non-hydrogen) atoms. The van der Waals surface area contributed by atoms with Gasteiger partial charge in [-0.25, -0.2) is 0 Å². The normalized spacial score (nSPS) is 20.1. The molecule has 0 aromatic heterocycles. The maximum Gasteiger partial charge on any atom is 0.0226 e. The van der Waals surface area contributed by atoms with Crippen LogP contribution in [0, 0.1) is 11.8 Å². The van der Waals surface area contributed by atoms with Crippen LogP contribution in [-0.2, 0) is 0 Å². The molecule has 1 nitrogen and oxygen atoms in total. The van der Waals surface area contributed by atoms with Crippen LogP contribution in [0.25, 0.3) is 0 Å². The zero-order chi connectivity index (χ0) is 10.2. The van der Waals surface area contributed by atoms with Crippen LogP contribution in [0.1, 0.15) is 45.4 Å². The summed E-state index contributed by atoms with van der Waals surface area (Å²) in [5.74, 6) is 2.56. The van der Waals surface area contributed by atoms with Crippen molar-refractivity contribution in [3.8, 4) is 0 Å². The zero-order valence-electron chi connectivity index (χ0n) is 9.40. The van der Waals surface area contributed by atoms with Crippen molar-refractivity contribution in [2.45, 2.75) is 45.4 Å². The van der Waals surface area contributed by atoms with Gasteiger partial charge in [0.2, 0.25) is 0 Å². The first kappa shape index (κ1) is 12.3. The van der Waals surface area contributed by atoms with Crippen LogP contribution in [0.5, 0.6) is 0 Å². The minimum absolute atomic E-state index is 0.786. The molecule has 1 aliphatic carbocycles. The second-order valence-corrected chi connectivity index (χ2v) is 4.94. The quantitative estimate of drug-likeness (QED) is 0.645. The van der Waals surface area contributed by atoms with Gasteiger partial charge in [-0.15, -0.1) is 11.6 Å². The minimum atomic E-state index is 0.786. The largest absolute Gasteiger partial charge is 0.316 e. The first-order chi connectivity index (χ1) is 6.86. The number of rotatable bonds is 7. The molecule has 0 radical (unpaired) electrons. The van der Waals surface area contributed by atoms with E-state index < -0.39 is 0 Å². The predicted octanol–water partition coefficient (Wildman–Crippen LogP) is 3.42. The Labute approximate surface area is 93.6 Å². The Hall–Kier alpha value is 0.250. The predicted molar refractivity (Wildman–Crippen MR) is 63.9 cm³/mol. The molecular weight excluding hydrogens is 194 g/mol. The SMILES string of the molecule is CCC(CCCl)CNCC1CCCC1. The molecule has 1 aliphatic rings. The highest BCUT2D eigenvalue weighted by molar-refractivity contribution is 6.17. The van der Waals surface area contributed by atoms with Crippen molar-refractivity contribution in [3.63, 3.8) is 0 Å². The molecule has 2 heteroatoms. The van der Waals surface area contributed by atoms with Crippen LogP contribution in [0.15, 0.2) is 0 Å². The average molecular weight is 218 g/mol. The molecule has 0 spiro atoms. The van der Waals surface area contributed by atoms with E-state index in [9.17, 15) is 0 Å². The molecule has 0 amide bonds. The highest BCUT2D eigenvalue weighted by Crippen LogP contribution is 2.23. The van der Waals surface area contributed by atoms with Crippen LogP contribution < -0.4 is 5.32 Å². The molecule has 1 atom stereocenters. The fourth-order valence-corrected chi connectivity index (χ4v) is 2.62. The Morgan fingerprint density at radius 2 is 2.07 bits per heavy atom. The smallest absolute Gasteiger partial charge is 0.0226 e. The van der Waals surface area contributed by atoms with Crippen molar-refractivity contribution in [1.29, 1.82) is 0 Å². The van der Waals surface area contributed by atoms with E-state index >= 15 is 0 Å². The Morgan fingerprint density at radius 3 is 2.64 bits per heavy atom. The second kappa shape index (κ2) is 7.53. The van der Waals surface area contributed by atoms with Crippen molar-refractivity contribution in [2.24, 2.45) is 11.8 Å². The van der Waals surface area contributed by atoms with Gasteiger partial charge in [-0.3, -0.25) is 0 Å². The fourth-order valence-electron chi connectivity index (χ4n) is 2.31. The summed E-state index contributed by atoms with van der Waals surface area (Å²) in [5, 5.41) is 3.60. The van der Waals surface area contributed by atoms with E-state index in [0.29, 0.717) is 0 Å². The van der Waals surface area contributed by atoms with Gasteiger partial charge < -0.3 is 5.32 Å². The van der Waals surface area contributed by atoms with Gasteiger partial charge in [0.1, 0.15) is 0 Å². The summed E-state index contributed by atoms with van der Waals surface area (Å²) < 4.78 is 0. The maximum atomic E-state index is 5.75. The van der Waals surface area contributed by atoms with Crippen molar-refractivity contribution in [2.75, 3.05) is 19.0 Å². The monoisotopic (exact) mass is 217 g/mol. The topological polar surface area (TPSA) is 12.0 Å². The van der Waals surface area contributed by atoms with Crippen LogP contribution in [0.4, 0.5) is 0 Å². The van der Waals surface area contributed by atoms with Crippen LogP contribution in [0.2, 0.25) is 0 Å². The lowest BCUT2D eigenvalue weighted by molar-refractivity contribution is 0.414. The second-order valence-electron chi connectivity index (χ2n) is 4.56. The molecule has 0 heterocycles. The summed E-state index contributed by atoms with van der Waals surface area (Å²) in [4.78, 5) is 0. The number of hydrogen-bond acceptors (Lipinski definition) is 1. The zero-order valence-corrected chi connectivity index (χ0v) is 10.2. The molecule has 84 valence electrons. The summed E-state index contributed by atoms with van der Waals surface area (Å²) >= 11 is 5.75. The molecule has 0 aliphatic heterocycles. The van der Waals surface area contributed by atoms with Gasteiger partial charge in [-0.2, -0.15) is 0 Å². The van der Waals surface area contributed by atoms with Gasteiger partial charge in [0.25, 0.3) is 0 Å². The summed E-state index contributed by atoms with van der Waals surface area (Å²) in [7, 11) is 0. The Kier molecular flexibility index (Phi) is 6.63. The van der Waals surface area contributed by atoms with Crippen LogP contribution in [0.3, 0.4) is 0 Å². The number of halogens is 1. The van der Waals surface area contributed by atoms with E-state index in [2.05, 4.69) is 12.2 Å². The van der Waals surface area contributed by atoms with Crippen molar-refractivity contribution in [1.82, 2.24) is 5.32 Å². The van der Waals surface area contributed by atoms with E-state index in [1.54, 1.807) is 0 Å². The van der Waals surface area contributed by atoms with Gasteiger partial charge in [0.15, 0.2) is 0 Å². The van der Waals surface area contributed by atoms with Gasteiger partial charge in [0.05, 0.1) is 0 Å². The van der Waals surface area contributed by atoms with Crippen molar-refractivity contribution < 1.29 is 0 Å². The van der Waals surface area contributed by atoms with Crippen molar-refractivity contribution >= 4 is 11.6 Å². The van der Waals surface area contributed by atoms with Gasteiger partial charge >= 0.3 is 0 Å². The van der Waals surface area contributed by atoms with E-state index in [1.807, 2.05) is 0 Å². The van der Waals surface area contributed by atoms with Gasteiger partial charge in [0, 0.05) is 5.88 Å². The molecule has 1 saturated carbocycles. The molecular formula is C12H24ClN. The maximum absolute atomic E-state index is 5.75. The Morgan fingerprint density at radius 1 is 1.36 bits per heavy atom. The first-order valence-electron chi connectivity index (χ1n) is 6.13. The van der Waals surface area contributed by atoms with Crippen LogP contribution >= 0.6 is 11.6 Å². The summed E-state index contributed by atoms with van der Waals surface area (Å²) in [5.41, 5.74) is 0. The molecule has 1 unspecified atom stereocenters. The molecule has 1 N–H and O–H groups in total. The molecule has 0 bridgehead atoms. The lowest BCUT2D eigenvalue weighted by Crippen LogP contribution is -2.27. The third-order valence-corrected chi connectivity index (χ3v) is 3.65. The lowest BCUT2D eigenvalue weighted by Gasteiger charge is -2.16. The highest BCUT2D eigenvalue weighted by Gasteiger charge is 2.14. The summed E-state index contributed by atoms with van der Waals surface area (Å²) in [6.07, 6.45) is 8.20. The molecule has 1 rings (SSSR count). The number of hydrogen-bond donors (Lipinski definition) is 1. The van der Waals surface area contributed by atoms with Gasteiger partial charge in [-0.05, 0) is 44.2 Å². The van der Waals surface area contributed by atoms with E-state index in [4.69, 9.17) is 11.6 Å². The third-order valence-electron chi connectivity index (χ3n) is 3.44. The summed E-state index contributed by atoms with van der Waals surface area (Å²) in [6.45, 7) is 4.66. The Bertz CT molecular complexity index is 132. The number of alkyl halides is 1. The summed E-state index contributed by atoms with van der Waals surface area (Å²) in [6, 6.07) is 0. The molecule has 1 fully saturated rings. The Balaban J connectivity index is 2.00. The molecule has 0 saturated heterocycles. The fraction of sp³-hybridized carbons (Fsp3) is 1.00.